The van der Waals surface area contributed by atoms with Crippen LogP contribution in [0.25, 0.3) is 0 Å². The highest BCUT2D eigenvalue weighted by Crippen LogP contribution is 2.62. The molecule has 2 nitrogen and oxygen atoms in total. The van der Waals surface area contributed by atoms with Gasteiger partial charge in [0.15, 0.2) is 0 Å². The van der Waals surface area contributed by atoms with Crippen LogP contribution < -0.4 is 0 Å². The van der Waals surface area contributed by atoms with Gasteiger partial charge >= 0.3 is 5.97 Å². The van der Waals surface area contributed by atoms with Crippen LogP contribution >= 0.6 is 0 Å². The van der Waals surface area contributed by atoms with E-state index in [4.69, 9.17) is 4.74 Å². The van der Waals surface area contributed by atoms with Crippen LogP contribution in [0.3, 0.4) is 0 Å². The lowest BCUT2D eigenvalue weighted by Crippen LogP contribution is -2.48. The summed E-state index contributed by atoms with van der Waals surface area (Å²) in [7, 11) is 0. The Kier molecular flexibility index (Phi) is 3.81. The molecule has 128 valence electrons. The summed E-state index contributed by atoms with van der Waals surface area (Å²) in [6.07, 6.45) is 10.1. The highest BCUT2D eigenvalue weighted by atomic mass is 19.1. The van der Waals surface area contributed by atoms with Crippen LogP contribution in [0.4, 0.5) is 4.39 Å². The van der Waals surface area contributed by atoms with Gasteiger partial charge in [0.2, 0.25) is 0 Å². The van der Waals surface area contributed by atoms with E-state index >= 15 is 0 Å². The summed E-state index contributed by atoms with van der Waals surface area (Å²) >= 11 is 0. The van der Waals surface area contributed by atoms with Crippen molar-refractivity contribution in [1.29, 1.82) is 0 Å². The summed E-state index contributed by atoms with van der Waals surface area (Å²) in [5.41, 5.74) is 1.58. The van der Waals surface area contributed by atoms with Crippen molar-refractivity contribution in [3.8, 4) is 0 Å². The molecule has 3 heteroatoms. The van der Waals surface area contributed by atoms with E-state index in [0.29, 0.717) is 18.3 Å². The molecule has 0 aliphatic heterocycles. The Morgan fingerprint density at radius 1 is 1.22 bits per heavy atom. The maximum atomic E-state index is 13.7. The molecule has 0 N–H and O–H groups in total. The van der Waals surface area contributed by atoms with E-state index in [1.165, 1.54) is 31.8 Å². The van der Waals surface area contributed by atoms with Gasteiger partial charge in [-0.2, -0.15) is 0 Å². The molecule has 0 radical (unpaired) electrons. The molecular formula is C20H29FO2. The number of halogens is 1. The maximum Gasteiger partial charge on any atom is 0.302 e. The fourth-order valence-corrected chi connectivity index (χ4v) is 6.57. The number of hydrogen-bond acceptors (Lipinski definition) is 2. The van der Waals surface area contributed by atoms with Crippen molar-refractivity contribution in [3.05, 3.63) is 11.6 Å². The molecule has 23 heavy (non-hydrogen) atoms. The number of esters is 1. The van der Waals surface area contributed by atoms with Gasteiger partial charge in [0.1, 0.15) is 12.3 Å². The van der Waals surface area contributed by atoms with Crippen molar-refractivity contribution in [1.82, 2.24) is 0 Å². The van der Waals surface area contributed by atoms with Crippen molar-refractivity contribution >= 4 is 5.97 Å². The lowest BCUT2D eigenvalue weighted by Gasteiger charge is -2.53. The minimum absolute atomic E-state index is 0.109. The first kappa shape index (κ1) is 15.7. The van der Waals surface area contributed by atoms with E-state index < -0.39 is 6.17 Å². The monoisotopic (exact) mass is 320 g/mol. The van der Waals surface area contributed by atoms with Crippen molar-refractivity contribution in [2.45, 2.75) is 77.5 Å². The molecule has 0 aromatic heterocycles. The van der Waals surface area contributed by atoms with Crippen molar-refractivity contribution < 1.29 is 13.9 Å². The van der Waals surface area contributed by atoms with Gasteiger partial charge in [-0.1, -0.05) is 18.6 Å². The molecule has 0 amide bonds. The molecule has 5 unspecified atom stereocenters. The third-order valence-corrected chi connectivity index (χ3v) is 7.61. The second-order valence-electron chi connectivity index (χ2n) is 8.65. The van der Waals surface area contributed by atoms with Crippen LogP contribution in [0, 0.1) is 29.1 Å². The summed E-state index contributed by atoms with van der Waals surface area (Å²) in [4.78, 5) is 11.5. The van der Waals surface area contributed by atoms with E-state index in [1.54, 1.807) is 0 Å². The Morgan fingerprint density at radius 2 is 2.04 bits per heavy atom. The number of alkyl halides is 1. The molecule has 4 aliphatic rings. The molecule has 3 saturated carbocycles. The normalized spacial score (nSPS) is 48.7. The second-order valence-corrected chi connectivity index (χ2v) is 8.65. The molecular weight excluding hydrogens is 291 g/mol. The second kappa shape index (κ2) is 5.60. The smallest absolute Gasteiger partial charge is 0.302 e. The largest absolute Gasteiger partial charge is 0.462 e. The molecule has 0 aromatic rings. The van der Waals surface area contributed by atoms with Gasteiger partial charge in [-0.25, -0.2) is 4.39 Å². The van der Waals surface area contributed by atoms with Gasteiger partial charge in [-0.3, -0.25) is 4.79 Å². The molecule has 4 rings (SSSR count). The predicted octanol–water partition coefficient (Wildman–Crippen LogP) is 4.83. The first-order chi connectivity index (χ1) is 11.0. The molecule has 0 aromatic carbocycles. The van der Waals surface area contributed by atoms with Crippen LogP contribution in [0.5, 0.6) is 0 Å². The van der Waals surface area contributed by atoms with Crippen LogP contribution in [-0.2, 0) is 9.53 Å². The number of hydrogen-bond donors (Lipinski definition) is 0. The summed E-state index contributed by atoms with van der Waals surface area (Å²) in [6, 6.07) is 0. The number of allylic oxidation sites excluding steroid dienone is 2. The van der Waals surface area contributed by atoms with Crippen LogP contribution in [0.2, 0.25) is 0 Å². The summed E-state index contributed by atoms with van der Waals surface area (Å²) in [6.45, 7) is 3.89. The van der Waals surface area contributed by atoms with E-state index in [0.717, 1.165) is 37.5 Å². The average molecular weight is 320 g/mol. The fourth-order valence-electron chi connectivity index (χ4n) is 6.57. The Balaban J connectivity index is 1.57. The van der Waals surface area contributed by atoms with Gasteiger partial charge in [-0.05, 0) is 75.0 Å². The molecule has 0 saturated heterocycles. The minimum atomic E-state index is -0.609. The first-order valence-corrected chi connectivity index (χ1v) is 9.49. The quantitative estimate of drug-likeness (QED) is 0.511. The SMILES string of the molecule is CC(=O)O[C@H]1CCC2C3CC=C4CC(F)CCC4C3CC[C@@]21C. The highest BCUT2D eigenvalue weighted by Gasteiger charge is 2.57. The fraction of sp³-hybridized carbons (Fsp3) is 0.850. The van der Waals surface area contributed by atoms with Gasteiger partial charge in [0, 0.05) is 12.3 Å². The standard InChI is InChI=1S/C20H29FO2/c1-12(22)23-19-8-7-18-17-5-3-13-11-14(21)4-6-15(13)16(17)9-10-20(18,19)2/h3,14-19H,4-11H2,1-2H3/t14?,15?,16?,17?,18?,19-,20-/m0/s1. The van der Waals surface area contributed by atoms with Crippen LogP contribution in [0.15, 0.2) is 11.6 Å². The molecule has 0 heterocycles. The summed E-state index contributed by atoms with van der Waals surface area (Å²) in [5, 5.41) is 0. The summed E-state index contributed by atoms with van der Waals surface area (Å²) in [5.74, 6) is 2.64. The van der Waals surface area contributed by atoms with Crippen molar-refractivity contribution in [3.63, 3.8) is 0 Å². The Hall–Kier alpha value is -0.860. The third kappa shape index (κ3) is 2.46. The molecule has 7 atom stereocenters. The molecule has 0 bridgehead atoms. The van der Waals surface area contributed by atoms with E-state index in [9.17, 15) is 9.18 Å². The lowest BCUT2D eigenvalue weighted by atomic mass is 9.53. The molecule has 0 spiro atoms. The zero-order valence-electron chi connectivity index (χ0n) is 14.4. The third-order valence-electron chi connectivity index (χ3n) is 7.61. The Labute approximate surface area is 138 Å². The Bertz CT molecular complexity index is 528. The molecule has 3 fully saturated rings. The summed E-state index contributed by atoms with van der Waals surface area (Å²) < 4.78 is 19.4. The number of carbonyl (C=O) groups is 1. The van der Waals surface area contributed by atoms with Crippen molar-refractivity contribution in [2.24, 2.45) is 29.1 Å². The number of ether oxygens (including phenoxy) is 1. The average Bonchev–Trinajstić information content (AvgIpc) is 2.83. The van der Waals surface area contributed by atoms with E-state index in [1.807, 2.05) is 0 Å². The first-order valence-electron chi connectivity index (χ1n) is 9.49. The number of rotatable bonds is 1. The van der Waals surface area contributed by atoms with Crippen LogP contribution in [-0.4, -0.2) is 18.2 Å². The maximum absolute atomic E-state index is 13.7. The van der Waals surface area contributed by atoms with Crippen LogP contribution in [0.1, 0.15) is 65.2 Å². The molecule has 4 aliphatic carbocycles. The highest BCUT2D eigenvalue weighted by molar-refractivity contribution is 5.66. The lowest BCUT2D eigenvalue weighted by molar-refractivity contribution is -0.155. The topological polar surface area (TPSA) is 26.3 Å². The van der Waals surface area contributed by atoms with Crippen molar-refractivity contribution in [2.75, 3.05) is 0 Å². The van der Waals surface area contributed by atoms with E-state index in [-0.39, 0.29) is 17.5 Å². The van der Waals surface area contributed by atoms with Gasteiger partial charge < -0.3 is 4.74 Å². The predicted molar refractivity (Wildman–Crippen MR) is 87.5 cm³/mol. The minimum Gasteiger partial charge on any atom is -0.462 e. The van der Waals surface area contributed by atoms with Gasteiger partial charge in [-0.15, -0.1) is 0 Å². The van der Waals surface area contributed by atoms with Gasteiger partial charge in [0.05, 0.1) is 0 Å². The zero-order valence-corrected chi connectivity index (χ0v) is 14.4. The van der Waals surface area contributed by atoms with Gasteiger partial charge in [0.25, 0.3) is 0 Å². The Morgan fingerprint density at radius 3 is 2.83 bits per heavy atom. The number of fused-ring (bicyclic) bond motifs is 5. The number of carbonyl (C=O) groups excluding carboxylic acids is 1. The van der Waals surface area contributed by atoms with E-state index in [2.05, 4.69) is 13.0 Å². The zero-order chi connectivity index (χ0) is 16.2.